The minimum absolute atomic E-state index is 0.333. The Morgan fingerprint density at radius 2 is 1.85 bits per heavy atom. The molecule has 2 nitrogen and oxygen atoms in total. The molecule has 1 rings (SSSR count). The van der Waals surface area contributed by atoms with Gasteiger partial charge in [0.1, 0.15) is 0 Å². The van der Waals surface area contributed by atoms with Crippen LogP contribution in [0.3, 0.4) is 0 Å². The molecule has 0 aliphatic carbocycles. The third kappa shape index (κ3) is 3.65. The third-order valence-electron chi connectivity index (χ3n) is 3.32. The number of hydrogen-bond donors (Lipinski definition) is 1. The highest BCUT2D eigenvalue weighted by Gasteiger charge is 2.18. The van der Waals surface area contributed by atoms with Crippen LogP contribution in [0.15, 0.2) is 0 Å². The first-order chi connectivity index (χ1) is 6.09. The second-order valence-corrected chi connectivity index (χ2v) is 4.82. The van der Waals surface area contributed by atoms with Gasteiger partial charge >= 0.3 is 0 Å². The third-order valence-corrected chi connectivity index (χ3v) is 3.32. The highest BCUT2D eigenvalue weighted by atomic mass is 15.1. The van der Waals surface area contributed by atoms with E-state index in [0.717, 1.165) is 5.92 Å². The summed E-state index contributed by atoms with van der Waals surface area (Å²) >= 11 is 0. The predicted molar refractivity (Wildman–Crippen MR) is 57.7 cm³/mol. The Morgan fingerprint density at radius 1 is 1.31 bits per heavy atom. The zero-order valence-electron chi connectivity index (χ0n) is 9.29. The fourth-order valence-electron chi connectivity index (χ4n) is 1.82. The van der Waals surface area contributed by atoms with Crippen LogP contribution in [-0.2, 0) is 0 Å². The van der Waals surface area contributed by atoms with E-state index in [1.165, 1.54) is 32.5 Å². The Hall–Kier alpha value is -0.0800. The van der Waals surface area contributed by atoms with Gasteiger partial charge in [-0.1, -0.05) is 13.8 Å². The largest absolute Gasteiger partial charge is 0.328 e. The Labute approximate surface area is 82.5 Å². The normalized spacial score (nSPS) is 25.8. The molecule has 1 saturated heterocycles. The van der Waals surface area contributed by atoms with Gasteiger partial charge in [-0.3, -0.25) is 0 Å². The fraction of sp³-hybridized carbons (Fsp3) is 1.00. The van der Waals surface area contributed by atoms with Crippen LogP contribution in [0.25, 0.3) is 0 Å². The summed E-state index contributed by atoms with van der Waals surface area (Å²) in [6, 6.07) is 0.333. The first-order valence-corrected chi connectivity index (χ1v) is 5.57. The Bertz CT molecular complexity index is 137. The molecule has 2 heteroatoms. The summed E-state index contributed by atoms with van der Waals surface area (Å²) in [6.07, 6.45) is 2.73. The van der Waals surface area contributed by atoms with Crippen LogP contribution >= 0.6 is 0 Å². The lowest BCUT2D eigenvalue weighted by molar-refractivity contribution is 0.164. The lowest BCUT2D eigenvalue weighted by atomic mass is 9.97. The van der Waals surface area contributed by atoms with Crippen molar-refractivity contribution in [2.75, 3.05) is 19.6 Å². The summed E-state index contributed by atoms with van der Waals surface area (Å²) < 4.78 is 0. The molecular formula is C11H24N2. The van der Waals surface area contributed by atoms with Gasteiger partial charge < -0.3 is 10.6 Å². The average Bonchev–Trinajstić information content (AvgIpc) is 2.08. The molecule has 1 fully saturated rings. The summed E-state index contributed by atoms with van der Waals surface area (Å²) in [5, 5.41) is 0. The van der Waals surface area contributed by atoms with Gasteiger partial charge in [-0.05, 0) is 44.7 Å². The number of nitrogens with two attached hydrogens (primary N) is 1. The maximum Gasteiger partial charge on any atom is 0.00483 e. The molecule has 1 aliphatic rings. The van der Waals surface area contributed by atoms with Crippen molar-refractivity contribution < 1.29 is 0 Å². The summed E-state index contributed by atoms with van der Waals surface area (Å²) in [5.41, 5.74) is 5.85. The second kappa shape index (κ2) is 4.97. The monoisotopic (exact) mass is 184 g/mol. The SMILES string of the molecule is CC1CCN(CC(C)C(C)N)CC1. The van der Waals surface area contributed by atoms with Crippen molar-refractivity contribution >= 4 is 0 Å². The summed E-state index contributed by atoms with van der Waals surface area (Å²) in [7, 11) is 0. The van der Waals surface area contributed by atoms with Crippen LogP contribution < -0.4 is 5.73 Å². The molecular weight excluding hydrogens is 160 g/mol. The molecule has 0 aromatic carbocycles. The topological polar surface area (TPSA) is 29.3 Å². The van der Waals surface area contributed by atoms with Gasteiger partial charge in [-0.2, -0.15) is 0 Å². The summed E-state index contributed by atoms with van der Waals surface area (Å²) in [5.74, 6) is 1.57. The van der Waals surface area contributed by atoms with Gasteiger partial charge in [0, 0.05) is 12.6 Å². The molecule has 2 atom stereocenters. The maximum atomic E-state index is 5.85. The maximum absolute atomic E-state index is 5.85. The Kier molecular flexibility index (Phi) is 4.20. The smallest absolute Gasteiger partial charge is 0.00483 e. The first kappa shape index (κ1) is 11.0. The quantitative estimate of drug-likeness (QED) is 0.723. The lowest BCUT2D eigenvalue weighted by Gasteiger charge is -2.33. The van der Waals surface area contributed by atoms with Crippen LogP contribution in [0.5, 0.6) is 0 Å². The van der Waals surface area contributed by atoms with Gasteiger partial charge in [-0.25, -0.2) is 0 Å². The van der Waals surface area contributed by atoms with Crippen molar-refractivity contribution in [3.63, 3.8) is 0 Å². The standard InChI is InChI=1S/C11H24N2/c1-9-4-6-13(7-5-9)8-10(2)11(3)12/h9-11H,4-8,12H2,1-3H3. The van der Waals surface area contributed by atoms with Crippen molar-refractivity contribution in [1.29, 1.82) is 0 Å². The highest BCUT2D eigenvalue weighted by Crippen LogP contribution is 2.17. The number of rotatable bonds is 3. The number of nitrogens with zero attached hydrogens (tertiary/aromatic N) is 1. The summed E-state index contributed by atoms with van der Waals surface area (Å²) in [6.45, 7) is 10.5. The van der Waals surface area contributed by atoms with Gasteiger partial charge in [-0.15, -0.1) is 0 Å². The van der Waals surface area contributed by atoms with Gasteiger partial charge in [0.2, 0.25) is 0 Å². The summed E-state index contributed by atoms with van der Waals surface area (Å²) in [4.78, 5) is 2.56. The van der Waals surface area contributed by atoms with E-state index in [-0.39, 0.29) is 0 Å². The first-order valence-electron chi connectivity index (χ1n) is 5.57. The average molecular weight is 184 g/mol. The molecule has 1 aliphatic heterocycles. The van der Waals surface area contributed by atoms with Gasteiger partial charge in [0.15, 0.2) is 0 Å². The second-order valence-electron chi connectivity index (χ2n) is 4.82. The molecule has 78 valence electrons. The van der Waals surface area contributed by atoms with Crippen molar-refractivity contribution in [2.45, 2.75) is 39.7 Å². The Balaban J connectivity index is 2.22. The van der Waals surface area contributed by atoms with E-state index in [9.17, 15) is 0 Å². The van der Waals surface area contributed by atoms with Gasteiger partial charge in [0.25, 0.3) is 0 Å². The Morgan fingerprint density at radius 3 is 2.31 bits per heavy atom. The zero-order valence-corrected chi connectivity index (χ0v) is 9.29. The van der Waals surface area contributed by atoms with Crippen molar-refractivity contribution in [3.8, 4) is 0 Å². The van der Waals surface area contributed by atoms with E-state index < -0.39 is 0 Å². The molecule has 1 heterocycles. The van der Waals surface area contributed by atoms with Crippen molar-refractivity contribution in [2.24, 2.45) is 17.6 Å². The lowest BCUT2D eigenvalue weighted by Crippen LogP contribution is -2.40. The van der Waals surface area contributed by atoms with Crippen LogP contribution in [0.2, 0.25) is 0 Å². The number of piperidine rings is 1. The van der Waals surface area contributed by atoms with E-state index in [1.54, 1.807) is 0 Å². The van der Waals surface area contributed by atoms with E-state index in [0.29, 0.717) is 12.0 Å². The molecule has 2 N–H and O–H groups in total. The molecule has 0 aromatic rings. The number of hydrogen-bond acceptors (Lipinski definition) is 2. The van der Waals surface area contributed by atoms with Crippen molar-refractivity contribution in [1.82, 2.24) is 4.90 Å². The minimum Gasteiger partial charge on any atom is -0.328 e. The molecule has 2 unspecified atom stereocenters. The van der Waals surface area contributed by atoms with E-state index >= 15 is 0 Å². The molecule has 0 bridgehead atoms. The van der Waals surface area contributed by atoms with Crippen LogP contribution in [0, 0.1) is 11.8 Å². The van der Waals surface area contributed by atoms with Crippen LogP contribution in [-0.4, -0.2) is 30.6 Å². The predicted octanol–water partition coefficient (Wildman–Crippen LogP) is 1.70. The molecule has 0 saturated carbocycles. The van der Waals surface area contributed by atoms with E-state index in [1.807, 2.05) is 0 Å². The highest BCUT2D eigenvalue weighted by molar-refractivity contribution is 4.74. The molecule has 13 heavy (non-hydrogen) atoms. The zero-order chi connectivity index (χ0) is 9.84. The molecule has 0 amide bonds. The van der Waals surface area contributed by atoms with Gasteiger partial charge in [0.05, 0.1) is 0 Å². The number of likely N-dealkylation sites (tertiary alicyclic amines) is 1. The molecule has 0 aromatic heterocycles. The molecule has 0 radical (unpaired) electrons. The fourth-order valence-corrected chi connectivity index (χ4v) is 1.82. The van der Waals surface area contributed by atoms with Crippen LogP contribution in [0.4, 0.5) is 0 Å². The van der Waals surface area contributed by atoms with Crippen LogP contribution in [0.1, 0.15) is 33.6 Å². The van der Waals surface area contributed by atoms with E-state index in [4.69, 9.17) is 5.73 Å². The molecule has 0 spiro atoms. The van der Waals surface area contributed by atoms with Crippen molar-refractivity contribution in [3.05, 3.63) is 0 Å². The minimum atomic E-state index is 0.333. The van der Waals surface area contributed by atoms with E-state index in [2.05, 4.69) is 25.7 Å².